The Morgan fingerprint density at radius 2 is 1.50 bits per heavy atom. The number of allylic oxidation sites excluding steroid dienone is 2. The molecular weight excluding hydrogens is 485 g/mol. The molecule has 0 unspecified atom stereocenters. The molecule has 1 atom stereocenters. The summed E-state index contributed by atoms with van der Waals surface area (Å²) in [6.07, 6.45) is 5.14. The lowest BCUT2D eigenvalue weighted by molar-refractivity contribution is 0.0729. The van der Waals surface area contributed by atoms with Gasteiger partial charge >= 0.3 is 5.97 Å². The molecule has 0 aliphatic heterocycles. The fourth-order valence-corrected chi connectivity index (χ4v) is 4.38. The molecule has 4 aromatic rings. The van der Waals surface area contributed by atoms with Gasteiger partial charge in [-0.3, -0.25) is 0 Å². The van der Waals surface area contributed by atoms with Crippen molar-refractivity contribution in [1.29, 1.82) is 0 Å². The molecule has 0 aliphatic carbocycles. The second-order valence-corrected chi connectivity index (χ2v) is 9.27. The smallest absolute Gasteiger partial charge is 0.346 e. The Kier molecular flexibility index (Phi) is 8.80. The summed E-state index contributed by atoms with van der Waals surface area (Å²) in [6.45, 7) is 4.00. The van der Waals surface area contributed by atoms with E-state index in [4.69, 9.17) is 4.74 Å². The number of ether oxygens (including phenoxy) is 1. The lowest BCUT2D eigenvalue weighted by atomic mass is 9.93. The van der Waals surface area contributed by atoms with E-state index in [1.165, 1.54) is 17.7 Å². The van der Waals surface area contributed by atoms with E-state index >= 15 is 0 Å². The van der Waals surface area contributed by atoms with Gasteiger partial charge in [0.1, 0.15) is 23.2 Å². The summed E-state index contributed by atoms with van der Waals surface area (Å²) in [5, 5.41) is 0. The Balaban J connectivity index is 1.43. The van der Waals surface area contributed by atoms with E-state index in [0.717, 1.165) is 29.7 Å². The van der Waals surface area contributed by atoms with Gasteiger partial charge in [0.25, 0.3) is 0 Å². The van der Waals surface area contributed by atoms with Crippen LogP contribution in [0.2, 0.25) is 0 Å². The van der Waals surface area contributed by atoms with E-state index in [9.17, 15) is 18.0 Å². The van der Waals surface area contributed by atoms with Crippen LogP contribution >= 0.6 is 0 Å². The van der Waals surface area contributed by atoms with Crippen LogP contribution in [0.25, 0.3) is 11.1 Å². The van der Waals surface area contributed by atoms with Gasteiger partial charge in [0.2, 0.25) is 0 Å². The van der Waals surface area contributed by atoms with Gasteiger partial charge in [-0.2, -0.15) is 0 Å². The van der Waals surface area contributed by atoms with Crippen LogP contribution in [0.1, 0.15) is 53.2 Å². The third kappa shape index (κ3) is 6.60. The SMILES string of the molecule is C/C=C/CCc1c(F)cc(OC(=O)c2ccc(-c3ccc(C[C@@H](C)c4ccccc4)cc3)cc2F)cc1F. The van der Waals surface area contributed by atoms with E-state index in [0.29, 0.717) is 17.9 Å². The summed E-state index contributed by atoms with van der Waals surface area (Å²) < 4.78 is 48.7. The molecule has 2 nitrogen and oxygen atoms in total. The zero-order valence-electron chi connectivity index (χ0n) is 21.4. The number of rotatable bonds is 9. The maximum absolute atomic E-state index is 14.9. The van der Waals surface area contributed by atoms with E-state index in [1.54, 1.807) is 18.2 Å². The van der Waals surface area contributed by atoms with Crippen molar-refractivity contribution in [2.75, 3.05) is 0 Å². The number of carbonyl (C=O) groups excluding carboxylic acids is 1. The number of hydrogen-bond acceptors (Lipinski definition) is 2. The summed E-state index contributed by atoms with van der Waals surface area (Å²) in [5.41, 5.74) is 3.44. The third-order valence-corrected chi connectivity index (χ3v) is 6.51. The maximum atomic E-state index is 14.9. The molecule has 0 radical (unpaired) electrons. The minimum absolute atomic E-state index is 0.0843. The van der Waals surface area contributed by atoms with Crippen LogP contribution in [0, 0.1) is 17.5 Å². The van der Waals surface area contributed by atoms with Crippen molar-refractivity contribution in [1.82, 2.24) is 0 Å². The molecule has 38 heavy (non-hydrogen) atoms. The molecule has 0 saturated heterocycles. The Hall–Kier alpha value is -4.12. The fourth-order valence-electron chi connectivity index (χ4n) is 4.38. The second kappa shape index (κ2) is 12.4. The average Bonchev–Trinajstić information content (AvgIpc) is 2.91. The molecule has 0 N–H and O–H groups in total. The van der Waals surface area contributed by atoms with Gasteiger partial charge in [-0.25, -0.2) is 18.0 Å². The molecule has 0 heterocycles. The van der Waals surface area contributed by atoms with Crippen molar-refractivity contribution >= 4 is 5.97 Å². The molecule has 0 saturated carbocycles. The zero-order valence-corrected chi connectivity index (χ0v) is 21.4. The van der Waals surface area contributed by atoms with Crippen molar-refractivity contribution in [3.05, 3.63) is 137 Å². The van der Waals surface area contributed by atoms with Crippen LogP contribution < -0.4 is 4.74 Å². The highest BCUT2D eigenvalue weighted by Gasteiger charge is 2.18. The Bertz CT molecular complexity index is 1400. The van der Waals surface area contributed by atoms with Crippen molar-refractivity contribution in [2.45, 2.75) is 39.0 Å². The second-order valence-electron chi connectivity index (χ2n) is 9.27. The molecular formula is C33H29F3O2. The van der Waals surface area contributed by atoms with Crippen molar-refractivity contribution in [2.24, 2.45) is 0 Å². The number of benzene rings is 4. The van der Waals surface area contributed by atoms with E-state index < -0.39 is 23.4 Å². The molecule has 194 valence electrons. The van der Waals surface area contributed by atoms with Gasteiger partial charge in [-0.05, 0) is 66.5 Å². The average molecular weight is 515 g/mol. The Labute approximate surface area is 221 Å². The summed E-state index contributed by atoms with van der Waals surface area (Å²) in [7, 11) is 0. The van der Waals surface area contributed by atoms with Crippen molar-refractivity contribution in [3.63, 3.8) is 0 Å². The molecule has 4 aromatic carbocycles. The molecule has 0 bridgehead atoms. The predicted molar refractivity (Wildman–Crippen MR) is 145 cm³/mol. The minimum atomic E-state index is -1.03. The van der Waals surface area contributed by atoms with E-state index in [-0.39, 0.29) is 23.3 Å². The highest BCUT2D eigenvalue weighted by molar-refractivity contribution is 5.92. The first kappa shape index (κ1) is 26.9. The summed E-state index contributed by atoms with van der Waals surface area (Å²) >= 11 is 0. The predicted octanol–water partition coefficient (Wildman–Crippen LogP) is 8.85. The van der Waals surface area contributed by atoms with Gasteiger partial charge < -0.3 is 4.74 Å². The lowest BCUT2D eigenvalue weighted by Crippen LogP contribution is -2.11. The van der Waals surface area contributed by atoms with Gasteiger partial charge in [0.15, 0.2) is 0 Å². The number of halogens is 3. The number of hydrogen-bond donors (Lipinski definition) is 0. The van der Waals surface area contributed by atoms with Gasteiger partial charge in [-0.1, -0.05) is 79.7 Å². The first-order chi connectivity index (χ1) is 18.4. The molecule has 0 aliphatic rings. The standard InChI is InChI=1S/C33H29F3O2/c1-3-4-6-11-28-31(35)20-27(21-32(28)36)38-33(37)29-17-16-26(19-30(29)34)25-14-12-23(13-15-25)18-22(2)24-9-7-5-8-10-24/h3-5,7-10,12-17,19-22H,6,11,18H2,1-2H3/b4-3+/t22-/m1/s1. The molecule has 4 rings (SSSR count). The molecule has 0 aromatic heterocycles. The highest BCUT2D eigenvalue weighted by Crippen LogP contribution is 2.27. The van der Waals surface area contributed by atoms with Crippen LogP contribution in [-0.2, 0) is 12.8 Å². The largest absolute Gasteiger partial charge is 0.423 e. The molecule has 0 spiro atoms. The highest BCUT2D eigenvalue weighted by atomic mass is 19.1. The van der Waals surface area contributed by atoms with Gasteiger partial charge in [0.05, 0.1) is 5.56 Å². The van der Waals surface area contributed by atoms with Crippen molar-refractivity contribution < 1.29 is 22.7 Å². The summed E-state index contributed by atoms with van der Waals surface area (Å²) in [6, 6.07) is 24.2. The topological polar surface area (TPSA) is 26.3 Å². The van der Waals surface area contributed by atoms with Crippen LogP contribution in [0.3, 0.4) is 0 Å². The number of esters is 1. The van der Waals surface area contributed by atoms with E-state index in [1.807, 2.05) is 49.4 Å². The maximum Gasteiger partial charge on any atom is 0.346 e. The minimum Gasteiger partial charge on any atom is -0.423 e. The summed E-state index contributed by atoms with van der Waals surface area (Å²) in [4.78, 5) is 12.5. The first-order valence-corrected chi connectivity index (χ1v) is 12.6. The lowest BCUT2D eigenvalue weighted by Gasteiger charge is -2.13. The van der Waals surface area contributed by atoms with Gasteiger partial charge in [-0.15, -0.1) is 0 Å². The summed E-state index contributed by atoms with van der Waals surface area (Å²) in [5.74, 6) is -3.38. The quantitative estimate of drug-likeness (QED) is 0.127. The first-order valence-electron chi connectivity index (χ1n) is 12.6. The molecule has 0 fully saturated rings. The molecule has 5 heteroatoms. The Morgan fingerprint density at radius 3 is 2.13 bits per heavy atom. The molecule has 0 amide bonds. The Morgan fingerprint density at radius 1 is 0.842 bits per heavy atom. The van der Waals surface area contributed by atoms with Crippen LogP contribution in [-0.4, -0.2) is 5.97 Å². The number of carbonyl (C=O) groups is 1. The third-order valence-electron chi connectivity index (χ3n) is 6.51. The van der Waals surface area contributed by atoms with Crippen LogP contribution in [0.15, 0.2) is 97.1 Å². The van der Waals surface area contributed by atoms with Crippen molar-refractivity contribution in [3.8, 4) is 16.9 Å². The van der Waals surface area contributed by atoms with Crippen LogP contribution in [0.5, 0.6) is 5.75 Å². The normalized spacial score (nSPS) is 12.0. The monoisotopic (exact) mass is 514 g/mol. The van der Waals surface area contributed by atoms with Crippen LogP contribution in [0.4, 0.5) is 13.2 Å². The zero-order chi connectivity index (χ0) is 27.1. The van der Waals surface area contributed by atoms with Gasteiger partial charge in [0, 0.05) is 17.7 Å². The van der Waals surface area contributed by atoms with E-state index in [2.05, 4.69) is 19.1 Å². The fraction of sp³-hybridized carbons (Fsp3) is 0.182.